The SMILES string of the molecule is COc1cc(C)c(F)c(COc2cnc(Nc3cc(CN4CCN(C)CC4)nn3C)nc2)c1F. The Balaban J connectivity index is 1.37. The molecule has 0 spiro atoms. The molecule has 0 atom stereocenters. The first-order chi connectivity index (χ1) is 16.3. The summed E-state index contributed by atoms with van der Waals surface area (Å²) in [6, 6.07) is 3.29. The molecule has 0 unspecified atom stereocenters. The van der Waals surface area contributed by atoms with E-state index in [2.05, 4.69) is 37.2 Å². The van der Waals surface area contributed by atoms with Crippen molar-refractivity contribution < 1.29 is 18.3 Å². The molecule has 1 N–H and O–H groups in total. The van der Waals surface area contributed by atoms with Crippen molar-refractivity contribution in [2.75, 3.05) is 45.7 Å². The zero-order valence-electron chi connectivity index (χ0n) is 19.8. The average Bonchev–Trinajstić information content (AvgIpc) is 3.17. The number of nitrogens with one attached hydrogen (secondary N) is 1. The zero-order valence-corrected chi connectivity index (χ0v) is 19.8. The third-order valence-corrected chi connectivity index (χ3v) is 5.82. The molecule has 1 aromatic carbocycles. The molecular formula is C23H29F2N7O2. The number of anilines is 2. The van der Waals surface area contributed by atoms with Gasteiger partial charge in [-0.25, -0.2) is 18.7 Å². The van der Waals surface area contributed by atoms with Gasteiger partial charge in [-0.15, -0.1) is 0 Å². The number of hydrogen-bond acceptors (Lipinski definition) is 8. The lowest BCUT2D eigenvalue weighted by Crippen LogP contribution is -2.43. The lowest BCUT2D eigenvalue weighted by Gasteiger charge is -2.31. The third kappa shape index (κ3) is 5.42. The fraction of sp³-hybridized carbons (Fsp3) is 0.435. The fourth-order valence-electron chi connectivity index (χ4n) is 3.76. The molecule has 1 aliphatic rings. The molecule has 1 saturated heterocycles. The van der Waals surface area contributed by atoms with Crippen LogP contribution in [0.3, 0.4) is 0 Å². The first-order valence-electron chi connectivity index (χ1n) is 11.0. The zero-order chi connectivity index (χ0) is 24.2. The maximum absolute atomic E-state index is 14.4. The van der Waals surface area contributed by atoms with Crippen molar-refractivity contribution in [3.05, 3.63) is 53.0 Å². The lowest BCUT2D eigenvalue weighted by molar-refractivity contribution is 0.146. The summed E-state index contributed by atoms with van der Waals surface area (Å²) in [5, 5.41) is 7.71. The Kier molecular flexibility index (Phi) is 7.23. The normalized spacial score (nSPS) is 14.9. The van der Waals surface area contributed by atoms with Crippen LogP contribution in [0.2, 0.25) is 0 Å². The summed E-state index contributed by atoms with van der Waals surface area (Å²) >= 11 is 0. The Labute approximate surface area is 197 Å². The second kappa shape index (κ2) is 10.3. The Hall–Kier alpha value is -3.31. The van der Waals surface area contributed by atoms with E-state index < -0.39 is 11.6 Å². The minimum atomic E-state index is -0.784. The Morgan fingerprint density at radius 2 is 1.74 bits per heavy atom. The number of benzene rings is 1. The number of rotatable bonds is 8. The maximum atomic E-state index is 14.4. The van der Waals surface area contributed by atoms with Crippen LogP contribution in [0.15, 0.2) is 24.5 Å². The van der Waals surface area contributed by atoms with E-state index in [9.17, 15) is 8.78 Å². The van der Waals surface area contributed by atoms with Crippen LogP contribution in [-0.2, 0) is 20.2 Å². The second-order valence-corrected chi connectivity index (χ2v) is 8.38. The molecule has 1 fully saturated rings. The van der Waals surface area contributed by atoms with Crippen molar-refractivity contribution in [1.82, 2.24) is 29.5 Å². The molecule has 34 heavy (non-hydrogen) atoms. The first-order valence-corrected chi connectivity index (χ1v) is 11.0. The van der Waals surface area contributed by atoms with Crippen LogP contribution in [0, 0.1) is 18.6 Å². The van der Waals surface area contributed by atoms with Gasteiger partial charge in [0.15, 0.2) is 17.3 Å². The molecule has 0 aliphatic carbocycles. The molecule has 0 saturated carbocycles. The first kappa shape index (κ1) is 23.8. The van der Waals surface area contributed by atoms with E-state index in [0.29, 0.717) is 5.95 Å². The topological polar surface area (TPSA) is 80.6 Å². The third-order valence-electron chi connectivity index (χ3n) is 5.82. The summed E-state index contributed by atoms with van der Waals surface area (Å²) in [5.41, 5.74) is 1.03. The average molecular weight is 474 g/mol. The molecule has 182 valence electrons. The Bertz CT molecular complexity index is 1130. The number of piperazine rings is 1. The smallest absolute Gasteiger partial charge is 0.228 e. The molecule has 4 rings (SSSR count). The molecule has 0 bridgehead atoms. The monoisotopic (exact) mass is 473 g/mol. The van der Waals surface area contributed by atoms with Gasteiger partial charge in [0.05, 0.1) is 30.8 Å². The quantitative estimate of drug-likeness (QED) is 0.535. The van der Waals surface area contributed by atoms with Crippen molar-refractivity contribution in [1.29, 1.82) is 0 Å². The van der Waals surface area contributed by atoms with Crippen molar-refractivity contribution in [3.63, 3.8) is 0 Å². The molecule has 2 aromatic heterocycles. The van der Waals surface area contributed by atoms with Gasteiger partial charge in [-0.1, -0.05) is 0 Å². The molecule has 3 heterocycles. The van der Waals surface area contributed by atoms with E-state index >= 15 is 0 Å². The van der Waals surface area contributed by atoms with Gasteiger partial charge in [0.1, 0.15) is 18.2 Å². The Morgan fingerprint density at radius 3 is 2.41 bits per heavy atom. The lowest BCUT2D eigenvalue weighted by atomic mass is 10.1. The molecule has 0 amide bonds. The van der Waals surface area contributed by atoms with Crippen LogP contribution >= 0.6 is 0 Å². The number of nitrogens with zero attached hydrogens (tertiary/aromatic N) is 6. The largest absolute Gasteiger partial charge is 0.494 e. The molecule has 0 radical (unpaired) electrons. The van der Waals surface area contributed by atoms with E-state index in [1.807, 2.05) is 13.1 Å². The van der Waals surface area contributed by atoms with Gasteiger partial charge < -0.3 is 19.7 Å². The predicted molar refractivity (Wildman–Crippen MR) is 123 cm³/mol. The minimum Gasteiger partial charge on any atom is -0.494 e. The van der Waals surface area contributed by atoms with Gasteiger partial charge in [-0.2, -0.15) is 5.10 Å². The van der Waals surface area contributed by atoms with Crippen LogP contribution in [0.1, 0.15) is 16.8 Å². The van der Waals surface area contributed by atoms with E-state index in [1.54, 1.807) is 11.6 Å². The van der Waals surface area contributed by atoms with E-state index in [1.165, 1.54) is 25.6 Å². The van der Waals surface area contributed by atoms with Crippen LogP contribution < -0.4 is 14.8 Å². The van der Waals surface area contributed by atoms with Gasteiger partial charge in [0, 0.05) is 45.8 Å². The van der Waals surface area contributed by atoms with Crippen molar-refractivity contribution in [2.45, 2.75) is 20.1 Å². The van der Waals surface area contributed by atoms with Crippen LogP contribution in [0.4, 0.5) is 20.5 Å². The number of aromatic nitrogens is 4. The van der Waals surface area contributed by atoms with Gasteiger partial charge >= 0.3 is 0 Å². The van der Waals surface area contributed by atoms with Crippen molar-refractivity contribution in [3.8, 4) is 11.5 Å². The summed E-state index contributed by atoms with van der Waals surface area (Å²) < 4.78 is 41.0. The summed E-state index contributed by atoms with van der Waals surface area (Å²) in [5.74, 6) is -0.0820. The minimum absolute atomic E-state index is 0.0310. The molecule has 11 heteroatoms. The highest BCUT2D eigenvalue weighted by molar-refractivity contribution is 5.49. The number of halogens is 2. The summed E-state index contributed by atoms with van der Waals surface area (Å²) in [6.45, 7) is 6.15. The second-order valence-electron chi connectivity index (χ2n) is 8.38. The van der Waals surface area contributed by atoms with Crippen LogP contribution in [0.5, 0.6) is 11.5 Å². The standard InChI is InChI=1S/C23H29F2N7O2/c1-15-9-19(33-4)22(25)18(21(15)24)14-34-17-11-26-23(27-12-17)28-20-10-16(29-31(20)3)13-32-7-5-30(2)6-8-32/h9-12H,5-8,13-14H2,1-4H3,(H,26,27,28). The molecule has 1 aliphatic heterocycles. The van der Waals surface area contributed by atoms with Gasteiger partial charge in [-0.05, 0) is 25.6 Å². The van der Waals surface area contributed by atoms with Crippen molar-refractivity contribution in [2.24, 2.45) is 7.05 Å². The number of likely N-dealkylation sites (N-methyl/N-ethyl adjacent to an activating group) is 1. The fourth-order valence-corrected chi connectivity index (χ4v) is 3.76. The van der Waals surface area contributed by atoms with E-state index in [4.69, 9.17) is 9.47 Å². The summed E-state index contributed by atoms with van der Waals surface area (Å²) in [4.78, 5) is 13.2. The number of methoxy groups -OCH3 is 1. The van der Waals surface area contributed by atoms with Gasteiger partial charge in [0.25, 0.3) is 0 Å². The number of hydrogen-bond donors (Lipinski definition) is 1. The summed E-state index contributed by atoms with van der Waals surface area (Å²) in [6.07, 6.45) is 2.89. The number of aryl methyl sites for hydroxylation is 2. The Morgan fingerprint density at radius 1 is 1.03 bits per heavy atom. The van der Waals surface area contributed by atoms with Gasteiger partial charge in [0.2, 0.25) is 5.95 Å². The van der Waals surface area contributed by atoms with E-state index in [0.717, 1.165) is 44.2 Å². The maximum Gasteiger partial charge on any atom is 0.228 e. The van der Waals surface area contributed by atoms with Gasteiger partial charge in [-0.3, -0.25) is 9.58 Å². The highest BCUT2D eigenvalue weighted by atomic mass is 19.1. The van der Waals surface area contributed by atoms with Crippen molar-refractivity contribution >= 4 is 11.8 Å². The van der Waals surface area contributed by atoms with E-state index in [-0.39, 0.29) is 29.2 Å². The molecule has 3 aromatic rings. The van der Waals surface area contributed by atoms with Crippen LogP contribution in [-0.4, -0.2) is 69.9 Å². The molecular weight excluding hydrogens is 444 g/mol. The summed E-state index contributed by atoms with van der Waals surface area (Å²) in [7, 11) is 5.32. The highest BCUT2D eigenvalue weighted by Crippen LogP contribution is 2.27. The highest BCUT2D eigenvalue weighted by Gasteiger charge is 2.19. The number of ether oxygens (including phenoxy) is 2. The predicted octanol–water partition coefficient (Wildman–Crippen LogP) is 2.88. The molecule has 9 nitrogen and oxygen atoms in total. The van der Waals surface area contributed by atoms with Crippen LogP contribution in [0.25, 0.3) is 0 Å².